The summed E-state index contributed by atoms with van der Waals surface area (Å²) in [6.45, 7) is 3.99. The fraction of sp³-hybridized carbons (Fsp3) is 0.467. The summed E-state index contributed by atoms with van der Waals surface area (Å²) in [6.07, 6.45) is 0. The Hall–Kier alpha value is -1.59. The molecule has 0 radical (unpaired) electrons. The van der Waals surface area contributed by atoms with Gasteiger partial charge in [0.05, 0.1) is 0 Å². The van der Waals surface area contributed by atoms with E-state index in [1.165, 1.54) is 6.07 Å². The van der Waals surface area contributed by atoms with E-state index in [4.69, 9.17) is 4.74 Å². The number of ether oxygens (including phenoxy) is 1. The second kappa shape index (κ2) is 5.49. The zero-order valence-electron chi connectivity index (χ0n) is 13.0. The van der Waals surface area contributed by atoms with Crippen molar-refractivity contribution in [3.63, 3.8) is 0 Å². The summed E-state index contributed by atoms with van der Waals surface area (Å²) in [5.41, 5.74) is 5.44. The van der Waals surface area contributed by atoms with Crippen molar-refractivity contribution < 1.29 is 13.9 Å². The Morgan fingerprint density at radius 2 is 2.22 bits per heavy atom. The van der Waals surface area contributed by atoms with Crippen molar-refractivity contribution in [2.45, 2.75) is 23.4 Å². The summed E-state index contributed by atoms with van der Waals surface area (Å²) in [5.74, 6) is 0.790. The minimum absolute atomic E-state index is 0.165. The number of amides is 1. The van der Waals surface area contributed by atoms with E-state index in [0.717, 1.165) is 23.1 Å². The molecule has 23 heavy (non-hydrogen) atoms. The van der Waals surface area contributed by atoms with E-state index in [2.05, 4.69) is 21.6 Å². The Bertz CT molecular complexity index is 707. The molecule has 6 nitrogen and oxygen atoms in total. The topological polar surface area (TPSA) is 66.0 Å². The number of hydrazone groups is 1. The van der Waals surface area contributed by atoms with E-state index >= 15 is 0 Å². The molecule has 1 aromatic carbocycles. The van der Waals surface area contributed by atoms with Crippen LogP contribution in [0.1, 0.15) is 6.92 Å². The molecule has 2 atom stereocenters. The van der Waals surface area contributed by atoms with Crippen molar-refractivity contribution >= 4 is 36.4 Å². The SMILES string of the molecule is CC1C(=O)NN=C2COc3cc(F)c([As](C)C4CNC4)cc3N21. The van der Waals surface area contributed by atoms with Gasteiger partial charge < -0.3 is 0 Å². The van der Waals surface area contributed by atoms with E-state index in [1.807, 2.05) is 17.9 Å². The van der Waals surface area contributed by atoms with E-state index in [-0.39, 0.29) is 24.4 Å². The van der Waals surface area contributed by atoms with Crippen LogP contribution >= 0.6 is 0 Å². The van der Waals surface area contributed by atoms with Crippen molar-refractivity contribution in [1.82, 2.24) is 10.7 Å². The molecule has 1 aromatic rings. The van der Waals surface area contributed by atoms with Gasteiger partial charge in [0.2, 0.25) is 0 Å². The van der Waals surface area contributed by atoms with Gasteiger partial charge in [0.1, 0.15) is 0 Å². The average Bonchev–Trinajstić information content (AvgIpc) is 2.48. The Morgan fingerprint density at radius 3 is 2.91 bits per heavy atom. The van der Waals surface area contributed by atoms with Gasteiger partial charge in [0, 0.05) is 0 Å². The van der Waals surface area contributed by atoms with Gasteiger partial charge >= 0.3 is 138 Å². The number of nitrogens with one attached hydrogen (secondary N) is 2. The van der Waals surface area contributed by atoms with E-state index in [9.17, 15) is 9.18 Å². The van der Waals surface area contributed by atoms with Gasteiger partial charge in [-0.1, -0.05) is 0 Å². The molecule has 1 amide bonds. The number of hydrogen-bond donors (Lipinski definition) is 2. The van der Waals surface area contributed by atoms with Crippen molar-refractivity contribution in [3.8, 4) is 5.75 Å². The summed E-state index contributed by atoms with van der Waals surface area (Å²) in [4.78, 5) is 13.8. The van der Waals surface area contributed by atoms with E-state index in [0.29, 0.717) is 16.3 Å². The molecule has 8 heteroatoms. The minimum atomic E-state index is -1.48. The number of carbonyl (C=O) groups excluding carboxylic acids is 1. The molecule has 1 fully saturated rings. The molecule has 1 saturated heterocycles. The Balaban J connectivity index is 1.78. The van der Waals surface area contributed by atoms with Crippen molar-refractivity contribution in [1.29, 1.82) is 0 Å². The summed E-state index contributed by atoms with van der Waals surface area (Å²) in [7, 11) is 0. The predicted octanol–water partition coefficient (Wildman–Crippen LogP) is 0.161. The van der Waals surface area contributed by atoms with Crippen LogP contribution in [0, 0.1) is 5.82 Å². The summed E-state index contributed by atoms with van der Waals surface area (Å²) in [6, 6.07) is 2.97. The first kappa shape index (κ1) is 15.0. The molecule has 0 spiro atoms. The maximum absolute atomic E-state index is 14.6. The molecule has 3 heterocycles. The van der Waals surface area contributed by atoms with Gasteiger partial charge in [-0.15, -0.1) is 0 Å². The molecular weight excluding hydrogens is 362 g/mol. The number of rotatable bonds is 2. The third-order valence-electron chi connectivity index (χ3n) is 4.67. The normalized spacial score (nSPS) is 24.7. The second-order valence-electron chi connectivity index (χ2n) is 6.03. The first-order chi connectivity index (χ1) is 11.1. The first-order valence-corrected chi connectivity index (χ1v) is 11.5. The molecule has 0 bridgehead atoms. The van der Waals surface area contributed by atoms with Crippen LogP contribution in [-0.4, -0.2) is 52.1 Å². The van der Waals surface area contributed by atoms with Crippen molar-refractivity contribution in [2.24, 2.45) is 5.10 Å². The van der Waals surface area contributed by atoms with Gasteiger partial charge in [0.15, 0.2) is 0 Å². The molecule has 0 saturated carbocycles. The van der Waals surface area contributed by atoms with Crippen LogP contribution in [0.25, 0.3) is 0 Å². The fourth-order valence-electron chi connectivity index (χ4n) is 3.05. The van der Waals surface area contributed by atoms with Crippen LogP contribution < -0.4 is 24.7 Å². The monoisotopic (exact) mass is 380 g/mol. The number of fused-ring (bicyclic) bond motifs is 3. The number of hydrogen-bond acceptors (Lipinski definition) is 5. The van der Waals surface area contributed by atoms with Crippen molar-refractivity contribution in [2.75, 3.05) is 24.6 Å². The van der Waals surface area contributed by atoms with Crippen LogP contribution in [-0.2, 0) is 4.79 Å². The molecule has 3 aliphatic rings. The van der Waals surface area contributed by atoms with Crippen LogP contribution in [0.3, 0.4) is 0 Å². The second-order valence-corrected chi connectivity index (χ2v) is 11.1. The summed E-state index contributed by atoms with van der Waals surface area (Å²) < 4.78 is 21.6. The Morgan fingerprint density at radius 1 is 1.43 bits per heavy atom. The number of amidine groups is 1. The zero-order chi connectivity index (χ0) is 16.1. The van der Waals surface area contributed by atoms with Gasteiger partial charge in [-0.2, -0.15) is 0 Å². The Kier molecular flexibility index (Phi) is 3.57. The molecule has 2 N–H and O–H groups in total. The third-order valence-corrected chi connectivity index (χ3v) is 10.1. The number of benzene rings is 1. The van der Waals surface area contributed by atoms with Gasteiger partial charge in [0.25, 0.3) is 0 Å². The number of carbonyl (C=O) groups is 1. The molecule has 0 aliphatic carbocycles. The quantitative estimate of drug-likeness (QED) is 0.718. The molecule has 0 aromatic heterocycles. The maximum atomic E-state index is 14.6. The van der Waals surface area contributed by atoms with Crippen LogP contribution in [0.2, 0.25) is 10.4 Å². The van der Waals surface area contributed by atoms with Gasteiger partial charge in [-0.3, -0.25) is 0 Å². The number of nitrogens with zero attached hydrogens (tertiary/aromatic N) is 2. The van der Waals surface area contributed by atoms with E-state index < -0.39 is 14.7 Å². The van der Waals surface area contributed by atoms with Crippen molar-refractivity contribution in [3.05, 3.63) is 17.9 Å². The summed E-state index contributed by atoms with van der Waals surface area (Å²) >= 11 is -1.48. The molecule has 2 unspecified atom stereocenters. The number of anilines is 1. The molecular formula is C15H18AsFN4O2. The fourth-order valence-corrected chi connectivity index (χ4v) is 7.09. The van der Waals surface area contributed by atoms with Gasteiger partial charge in [-0.05, 0) is 0 Å². The standard InChI is InChI=1S/C15H18AsFN4O2/c1-8-15(22)20-19-14-7-23-13-4-11(17)10(3-12(13)21(8)14)16(2)9-5-18-6-9/h3-4,8-9,18H,5-7H2,1-2H3,(H,20,22). The Labute approximate surface area is 138 Å². The van der Waals surface area contributed by atoms with Crippen LogP contribution in [0.4, 0.5) is 10.1 Å². The first-order valence-electron chi connectivity index (χ1n) is 7.62. The molecule has 4 rings (SSSR count). The summed E-state index contributed by atoms with van der Waals surface area (Å²) in [5, 5.41) is 7.33. The van der Waals surface area contributed by atoms with E-state index in [1.54, 1.807) is 0 Å². The molecule has 122 valence electrons. The van der Waals surface area contributed by atoms with Gasteiger partial charge in [-0.25, -0.2) is 0 Å². The third kappa shape index (κ3) is 2.34. The predicted molar refractivity (Wildman–Crippen MR) is 87.3 cm³/mol. The van der Waals surface area contributed by atoms with Crippen LogP contribution in [0.5, 0.6) is 5.75 Å². The number of halogens is 1. The zero-order valence-corrected chi connectivity index (χ0v) is 14.8. The average molecular weight is 380 g/mol. The molecule has 3 aliphatic heterocycles. The van der Waals surface area contributed by atoms with Crippen LogP contribution in [0.15, 0.2) is 17.2 Å².